The highest BCUT2D eigenvalue weighted by atomic mass is 31.2. The van der Waals surface area contributed by atoms with E-state index in [-0.39, 0.29) is 25.6 Å². The molecule has 10 heteroatoms. The molecule has 0 heterocycles. The van der Waals surface area contributed by atoms with Gasteiger partial charge in [0.25, 0.3) is 0 Å². The average molecular weight is 1270 g/mol. The Morgan fingerprint density at radius 1 is 0.360 bits per heavy atom. The van der Waals surface area contributed by atoms with E-state index in [1.54, 1.807) is 0 Å². The van der Waals surface area contributed by atoms with E-state index in [1.807, 2.05) is 21.1 Å². The lowest BCUT2D eigenvalue weighted by atomic mass is 10.0. The lowest BCUT2D eigenvalue weighted by Gasteiger charge is -2.24. The minimum Gasteiger partial charge on any atom is -0.462 e. The predicted molar refractivity (Wildman–Crippen MR) is 385 cm³/mol. The molecule has 0 spiro atoms. The minimum atomic E-state index is -4.39. The molecule has 0 aliphatic rings. The van der Waals surface area contributed by atoms with Crippen LogP contribution in [0.3, 0.4) is 0 Å². The van der Waals surface area contributed by atoms with Gasteiger partial charge in [0, 0.05) is 12.8 Å². The van der Waals surface area contributed by atoms with E-state index < -0.39 is 26.5 Å². The summed E-state index contributed by atoms with van der Waals surface area (Å²) in [6.07, 6.45) is 95.7. The zero-order chi connectivity index (χ0) is 64.8. The highest BCUT2D eigenvalue weighted by molar-refractivity contribution is 7.47. The Balaban J connectivity index is 3.97. The number of carbonyl (C=O) groups is 2. The third kappa shape index (κ3) is 74.1. The third-order valence-electron chi connectivity index (χ3n) is 16.7. The van der Waals surface area contributed by atoms with E-state index in [0.717, 1.165) is 77.0 Å². The Bertz CT molecular complexity index is 1780. The van der Waals surface area contributed by atoms with Crippen molar-refractivity contribution in [3.8, 4) is 0 Å². The average Bonchev–Trinajstić information content (AvgIpc) is 3.60. The number of ether oxygens (including phenoxy) is 2. The summed E-state index contributed by atoms with van der Waals surface area (Å²) in [5.74, 6) is -0.779. The molecule has 2 unspecified atom stereocenters. The second-order valence-electron chi connectivity index (χ2n) is 26.7. The summed E-state index contributed by atoms with van der Waals surface area (Å²) in [4.78, 5) is 35.9. The molecule has 0 aromatic heterocycles. The minimum absolute atomic E-state index is 0.0324. The van der Waals surface area contributed by atoms with Crippen LogP contribution >= 0.6 is 7.82 Å². The molecule has 9 nitrogen and oxygen atoms in total. The first-order valence-corrected chi connectivity index (χ1v) is 39.3. The van der Waals surface area contributed by atoms with Crippen LogP contribution in [-0.4, -0.2) is 74.9 Å². The number of phosphoric ester groups is 1. The number of quaternary nitrogens is 1. The van der Waals surface area contributed by atoms with Gasteiger partial charge in [-0.15, -0.1) is 0 Å². The molecule has 0 rings (SSSR count). The number of allylic oxidation sites excluding steroid dienone is 14. The van der Waals surface area contributed by atoms with Crippen molar-refractivity contribution in [3.63, 3.8) is 0 Å². The molecule has 89 heavy (non-hydrogen) atoms. The molecule has 518 valence electrons. The fourth-order valence-corrected chi connectivity index (χ4v) is 11.7. The Morgan fingerprint density at radius 3 is 0.955 bits per heavy atom. The van der Waals surface area contributed by atoms with Gasteiger partial charge in [-0.1, -0.05) is 356 Å². The summed E-state index contributed by atoms with van der Waals surface area (Å²) in [7, 11) is 1.49. The number of likely N-dealkylation sites (N-methyl/N-ethyl adjacent to an activating group) is 1. The number of rotatable bonds is 70. The number of carbonyl (C=O) groups excluding carboxylic acids is 2. The van der Waals surface area contributed by atoms with Gasteiger partial charge >= 0.3 is 19.8 Å². The maximum absolute atomic E-state index is 12.9. The van der Waals surface area contributed by atoms with E-state index in [4.69, 9.17) is 18.5 Å². The van der Waals surface area contributed by atoms with Gasteiger partial charge in [-0.2, -0.15) is 0 Å². The Hall–Kier alpha value is -2.81. The summed E-state index contributed by atoms with van der Waals surface area (Å²) in [5, 5.41) is 0. The highest BCUT2D eigenvalue weighted by Crippen LogP contribution is 2.43. The lowest BCUT2D eigenvalue weighted by molar-refractivity contribution is -0.870. The third-order valence-corrected chi connectivity index (χ3v) is 17.7. The predicted octanol–water partition coefficient (Wildman–Crippen LogP) is 24.9. The maximum atomic E-state index is 12.9. The molecule has 0 aliphatic heterocycles. The smallest absolute Gasteiger partial charge is 0.462 e. The molecule has 0 aliphatic carbocycles. The molecule has 0 fully saturated rings. The standard InChI is InChI=1S/C79H144NO8P/c1-6-8-10-12-14-16-18-20-22-24-26-28-30-32-34-35-36-37-38-39-40-41-42-43-44-45-46-48-50-52-54-56-58-60-62-64-66-68-70-72-79(82)88-77(76-87-89(83,84)86-74-73-80(3,4)5)75-85-78(81)71-69-67-65-63-61-59-57-55-53-51-49-47-33-31-29-27-25-23-21-19-17-15-13-11-9-7-2/h8,10,14,16,20,22,26,28,32,34,36-37,39-40,77H,6-7,9,11-13,15,17-19,21,23-25,27,29-31,33,35,38,41-76H2,1-5H3/p+1/b10-8-,16-14-,22-20-,28-26-,34-32-,37-36-,40-39-. The van der Waals surface area contributed by atoms with Gasteiger partial charge in [-0.3, -0.25) is 18.6 Å². The van der Waals surface area contributed by atoms with E-state index in [9.17, 15) is 19.0 Å². The number of phosphoric acid groups is 1. The molecule has 2 atom stereocenters. The first kappa shape index (κ1) is 86.2. The summed E-state index contributed by atoms with van der Waals surface area (Å²) < 4.78 is 34.8. The molecule has 0 bridgehead atoms. The number of nitrogens with zero attached hydrogens (tertiary/aromatic N) is 1. The van der Waals surface area contributed by atoms with Crippen molar-refractivity contribution in [3.05, 3.63) is 85.1 Å². The number of hydrogen-bond acceptors (Lipinski definition) is 7. The quantitative estimate of drug-likeness (QED) is 0.0211. The number of esters is 2. The van der Waals surface area contributed by atoms with Gasteiger partial charge in [0.15, 0.2) is 6.10 Å². The van der Waals surface area contributed by atoms with Gasteiger partial charge in [0.2, 0.25) is 0 Å². The zero-order valence-electron chi connectivity index (χ0n) is 59.2. The molecule has 0 saturated heterocycles. The second kappa shape index (κ2) is 69.5. The number of hydrogen-bond donors (Lipinski definition) is 1. The normalized spacial score (nSPS) is 13.6. The van der Waals surface area contributed by atoms with Crippen LogP contribution in [0.5, 0.6) is 0 Å². The van der Waals surface area contributed by atoms with Crippen molar-refractivity contribution in [1.29, 1.82) is 0 Å². The largest absolute Gasteiger partial charge is 0.472 e. The van der Waals surface area contributed by atoms with Crippen LogP contribution in [0.4, 0.5) is 0 Å². The summed E-state index contributed by atoms with van der Waals surface area (Å²) in [5.41, 5.74) is 0. The molecule has 1 N–H and O–H groups in total. The van der Waals surface area contributed by atoms with Gasteiger partial charge in [-0.05, 0) is 70.6 Å². The number of unbranched alkanes of at least 4 members (excludes halogenated alkanes) is 42. The fourth-order valence-electron chi connectivity index (χ4n) is 10.9. The Labute approximate surface area is 551 Å². The van der Waals surface area contributed by atoms with E-state index in [0.29, 0.717) is 23.9 Å². The van der Waals surface area contributed by atoms with Crippen LogP contribution in [-0.2, 0) is 32.7 Å². The van der Waals surface area contributed by atoms with Crippen LogP contribution in [0.1, 0.15) is 354 Å². The van der Waals surface area contributed by atoms with Crippen molar-refractivity contribution in [2.45, 2.75) is 360 Å². The zero-order valence-corrected chi connectivity index (χ0v) is 60.1. The Morgan fingerprint density at radius 2 is 0.640 bits per heavy atom. The van der Waals surface area contributed by atoms with Crippen molar-refractivity contribution in [2.24, 2.45) is 0 Å². The van der Waals surface area contributed by atoms with E-state index in [1.165, 1.54) is 244 Å². The van der Waals surface area contributed by atoms with E-state index in [2.05, 4.69) is 98.9 Å². The topological polar surface area (TPSA) is 108 Å². The van der Waals surface area contributed by atoms with Crippen LogP contribution < -0.4 is 0 Å². The maximum Gasteiger partial charge on any atom is 0.472 e. The Kier molecular flexibility index (Phi) is 67.3. The monoisotopic (exact) mass is 1270 g/mol. The fraction of sp³-hybridized carbons (Fsp3) is 0.797. The summed E-state index contributed by atoms with van der Waals surface area (Å²) in [6.45, 7) is 4.38. The van der Waals surface area contributed by atoms with Crippen LogP contribution in [0, 0.1) is 0 Å². The second-order valence-corrected chi connectivity index (χ2v) is 28.1. The van der Waals surface area contributed by atoms with Crippen molar-refractivity contribution < 1.29 is 42.1 Å². The van der Waals surface area contributed by atoms with Gasteiger partial charge in [0.05, 0.1) is 27.7 Å². The van der Waals surface area contributed by atoms with Gasteiger partial charge in [-0.25, -0.2) is 4.57 Å². The van der Waals surface area contributed by atoms with Crippen LogP contribution in [0.25, 0.3) is 0 Å². The van der Waals surface area contributed by atoms with Crippen molar-refractivity contribution in [2.75, 3.05) is 47.5 Å². The molecule has 0 aromatic carbocycles. The van der Waals surface area contributed by atoms with Crippen molar-refractivity contribution >= 4 is 19.8 Å². The molecule has 0 aromatic rings. The highest BCUT2D eigenvalue weighted by Gasteiger charge is 2.27. The van der Waals surface area contributed by atoms with Gasteiger partial charge in [0.1, 0.15) is 19.8 Å². The first-order valence-electron chi connectivity index (χ1n) is 37.8. The molecule has 0 amide bonds. The molecular weight excluding hydrogens is 1120 g/mol. The van der Waals surface area contributed by atoms with Gasteiger partial charge < -0.3 is 18.9 Å². The lowest BCUT2D eigenvalue weighted by Crippen LogP contribution is -2.37. The van der Waals surface area contributed by atoms with Crippen LogP contribution in [0.2, 0.25) is 0 Å². The first-order chi connectivity index (χ1) is 43.5. The molecular formula is C79H145NO8P+. The SMILES string of the molecule is CC/C=C\C/C=C\C/C=C\C/C=C\C/C=C\C/C=C\C/C=C\CCCCCCCCCCCCCCCCCCCC(=O)OC(COC(=O)CCCCCCCCCCCCCCCCCCCCCCCCCCCC)COP(=O)(O)OCC[N+](C)(C)C. The summed E-state index contributed by atoms with van der Waals surface area (Å²) in [6, 6.07) is 0. The van der Waals surface area contributed by atoms with Crippen LogP contribution in [0.15, 0.2) is 85.1 Å². The van der Waals surface area contributed by atoms with Crippen molar-refractivity contribution in [1.82, 2.24) is 0 Å². The van der Waals surface area contributed by atoms with E-state index >= 15 is 0 Å². The molecule has 0 saturated carbocycles. The molecule has 0 radical (unpaired) electrons. The summed E-state index contributed by atoms with van der Waals surface area (Å²) >= 11 is 0.